The van der Waals surface area contributed by atoms with Gasteiger partial charge in [-0.3, -0.25) is 0 Å². The Balaban J connectivity index is 2.22. The monoisotopic (exact) mass is 252 g/mol. The molecule has 0 amide bonds. The second-order valence-electron chi connectivity index (χ2n) is 4.35. The van der Waals surface area contributed by atoms with Crippen LogP contribution in [0.25, 0.3) is 0 Å². The lowest BCUT2D eigenvalue weighted by molar-refractivity contribution is 0.415. The molecule has 0 bridgehead atoms. The first-order valence-electron chi connectivity index (χ1n) is 6.09. The second-order valence-corrected chi connectivity index (χ2v) is 4.35. The Kier molecular flexibility index (Phi) is 4.04. The summed E-state index contributed by atoms with van der Waals surface area (Å²) in [5, 5.41) is 12.5. The summed E-state index contributed by atoms with van der Waals surface area (Å²) in [6, 6.07) is 17.4. The fourth-order valence-electron chi connectivity index (χ4n) is 1.92. The summed E-state index contributed by atoms with van der Waals surface area (Å²) in [7, 11) is 1.63. The number of hydrogen-bond donors (Lipinski definition) is 1. The number of anilines is 1. The van der Waals surface area contributed by atoms with Gasteiger partial charge in [-0.1, -0.05) is 35.9 Å². The van der Waals surface area contributed by atoms with E-state index in [0.29, 0.717) is 0 Å². The van der Waals surface area contributed by atoms with Gasteiger partial charge in [0.2, 0.25) is 0 Å². The Hall–Kier alpha value is -2.47. The van der Waals surface area contributed by atoms with Gasteiger partial charge in [-0.15, -0.1) is 0 Å². The lowest BCUT2D eigenvalue weighted by Gasteiger charge is -2.14. The summed E-state index contributed by atoms with van der Waals surface area (Å²) in [5.74, 6) is 0.769. The van der Waals surface area contributed by atoms with Crippen LogP contribution in [0.3, 0.4) is 0 Å². The molecule has 96 valence electrons. The Bertz CT molecular complexity index is 602. The molecule has 1 unspecified atom stereocenters. The second kappa shape index (κ2) is 5.92. The Morgan fingerprint density at radius 3 is 2.63 bits per heavy atom. The normalized spacial score (nSPS) is 11.4. The van der Waals surface area contributed by atoms with Crippen molar-refractivity contribution in [2.45, 2.75) is 13.0 Å². The van der Waals surface area contributed by atoms with E-state index in [4.69, 9.17) is 4.74 Å². The maximum Gasteiger partial charge on any atom is 0.140 e. The molecule has 2 rings (SSSR count). The fourth-order valence-corrected chi connectivity index (χ4v) is 1.92. The van der Waals surface area contributed by atoms with Crippen molar-refractivity contribution in [1.82, 2.24) is 0 Å². The summed E-state index contributed by atoms with van der Waals surface area (Å²) in [4.78, 5) is 0. The molecule has 19 heavy (non-hydrogen) atoms. The van der Waals surface area contributed by atoms with E-state index in [1.807, 2.05) is 55.5 Å². The van der Waals surface area contributed by atoms with E-state index in [-0.39, 0.29) is 6.04 Å². The highest BCUT2D eigenvalue weighted by atomic mass is 16.5. The Labute approximate surface area is 113 Å². The van der Waals surface area contributed by atoms with Gasteiger partial charge in [-0.25, -0.2) is 0 Å². The maximum absolute atomic E-state index is 9.31. The Morgan fingerprint density at radius 2 is 1.95 bits per heavy atom. The number of aryl methyl sites for hydroxylation is 1. The van der Waals surface area contributed by atoms with Crippen molar-refractivity contribution >= 4 is 5.69 Å². The molecular formula is C16H16N2O. The number of hydrogen-bond acceptors (Lipinski definition) is 3. The molecule has 2 aromatic carbocycles. The SMILES string of the molecule is COc1cccc(NC(C#N)c2cccc(C)c2)c1. The van der Waals surface area contributed by atoms with E-state index < -0.39 is 0 Å². The molecule has 0 aliphatic rings. The number of nitrogens with one attached hydrogen (secondary N) is 1. The number of nitriles is 1. The highest BCUT2D eigenvalue weighted by Crippen LogP contribution is 2.23. The summed E-state index contributed by atoms with van der Waals surface area (Å²) in [6.07, 6.45) is 0. The van der Waals surface area contributed by atoms with Gasteiger partial charge in [0.1, 0.15) is 11.8 Å². The standard InChI is InChI=1S/C16H16N2O/c1-12-5-3-6-13(9-12)16(11-17)18-14-7-4-8-15(10-14)19-2/h3-10,16,18H,1-2H3. The predicted molar refractivity (Wildman–Crippen MR) is 76.1 cm³/mol. The zero-order valence-electron chi connectivity index (χ0n) is 11.1. The average Bonchev–Trinajstić information content (AvgIpc) is 2.45. The van der Waals surface area contributed by atoms with E-state index >= 15 is 0 Å². The molecule has 0 aliphatic heterocycles. The van der Waals surface area contributed by atoms with Gasteiger partial charge in [0.05, 0.1) is 13.2 Å². The van der Waals surface area contributed by atoms with Gasteiger partial charge in [-0.05, 0) is 24.6 Å². The topological polar surface area (TPSA) is 45.0 Å². The zero-order valence-corrected chi connectivity index (χ0v) is 11.1. The molecule has 0 spiro atoms. The van der Waals surface area contributed by atoms with Crippen molar-refractivity contribution in [2.75, 3.05) is 12.4 Å². The van der Waals surface area contributed by atoms with E-state index in [1.165, 1.54) is 0 Å². The largest absolute Gasteiger partial charge is 0.497 e. The molecule has 0 fully saturated rings. The summed E-state index contributed by atoms with van der Waals surface area (Å²) < 4.78 is 5.17. The van der Waals surface area contributed by atoms with Crippen molar-refractivity contribution in [3.05, 3.63) is 59.7 Å². The number of nitrogens with zero attached hydrogens (tertiary/aromatic N) is 1. The van der Waals surface area contributed by atoms with Gasteiger partial charge >= 0.3 is 0 Å². The van der Waals surface area contributed by atoms with Crippen LogP contribution in [0.5, 0.6) is 5.75 Å². The molecule has 0 heterocycles. The van der Waals surface area contributed by atoms with Crippen LogP contribution in [-0.4, -0.2) is 7.11 Å². The van der Waals surface area contributed by atoms with Crippen molar-refractivity contribution < 1.29 is 4.74 Å². The van der Waals surface area contributed by atoms with Gasteiger partial charge in [-0.2, -0.15) is 5.26 Å². The van der Waals surface area contributed by atoms with E-state index in [1.54, 1.807) is 7.11 Å². The third-order valence-corrected chi connectivity index (χ3v) is 2.89. The molecule has 2 aromatic rings. The number of benzene rings is 2. The van der Waals surface area contributed by atoms with Crippen molar-refractivity contribution in [3.8, 4) is 11.8 Å². The van der Waals surface area contributed by atoms with Crippen molar-refractivity contribution in [1.29, 1.82) is 5.26 Å². The van der Waals surface area contributed by atoms with Crippen molar-refractivity contribution in [3.63, 3.8) is 0 Å². The van der Waals surface area contributed by atoms with Crippen LogP contribution >= 0.6 is 0 Å². The third-order valence-electron chi connectivity index (χ3n) is 2.89. The van der Waals surface area contributed by atoms with Gasteiger partial charge in [0.15, 0.2) is 0 Å². The molecule has 0 saturated carbocycles. The van der Waals surface area contributed by atoms with Gasteiger partial charge in [0, 0.05) is 11.8 Å². The highest BCUT2D eigenvalue weighted by Gasteiger charge is 2.10. The van der Waals surface area contributed by atoms with Crippen LogP contribution in [0, 0.1) is 18.3 Å². The molecule has 1 atom stereocenters. The van der Waals surface area contributed by atoms with Crippen LogP contribution in [0.2, 0.25) is 0 Å². The maximum atomic E-state index is 9.31. The van der Waals surface area contributed by atoms with Gasteiger partial charge in [0.25, 0.3) is 0 Å². The van der Waals surface area contributed by atoms with Crippen LogP contribution in [0.4, 0.5) is 5.69 Å². The van der Waals surface area contributed by atoms with Crippen molar-refractivity contribution in [2.24, 2.45) is 0 Å². The summed E-state index contributed by atoms with van der Waals surface area (Å²) in [6.45, 7) is 2.02. The molecule has 3 heteroatoms. The first-order chi connectivity index (χ1) is 9.22. The first kappa shape index (κ1) is 13.0. The minimum atomic E-state index is -0.369. The third kappa shape index (κ3) is 3.26. The Morgan fingerprint density at radius 1 is 1.16 bits per heavy atom. The lowest BCUT2D eigenvalue weighted by atomic mass is 10.1. The molecule has 3 nitrogen and oxygen atoms in total. The van der Waals surface area contributed by atoms with E-state index in [0.717, 1.165) is 22.6 Å². The van der Waals surface area contributed by atoms with E-state index in [9.17, 15) is 5.26 Å². The number of rotatable bonds is 4. The molecule has 0 saturated heterocycles. The number of ether oxygens (including phenoxy) is 1. The fraction of sp³-hybridized carbons (Fsp3) is 0.188. The highest BCUT2D eigenvalue weighted by molar-refractivity contribution is 5.51. The average molecular weight is 252 g/mol. The zero-order chi connectivity index (χ0) is 13.7. The summed E-state index contributed by atoms with van der Waals surface area (Å²) >= 11 is 0. The lowest BCUT2D eigenvalue weighted by Crippen LogP contribution is -2.08. The molecule has 0 aliphatic carbocycles. The van der Waals surface area contributed by atoms with Crippen LogP contribution in [-0.2, 0) is 0 Å². The first-order valence-corrected chi connectivity index (χ1v) is 6.09. The quantitative estimate of drug-likeness (QED) is 0.902. The van der Waals surface area contributed by atoms with Crippen LogP contribution < -0.4 is 10.1 Å². The smallest absolute Gasteiger partial charge is 0.140 e. The number of methoxy groups -OCH3 is 1. The van der Waals surface area contributed by atoms with Crippen LogP contribution in [0.1, 0.15) is 17.2 Å². The minimum absolute atomic E-state index is 0.369. The van der Waals surface area contributed by atoms with Gasteiger partial charge < -0.3 is 10.1 Å². The minimum Gasteiger partial charge on any atom is -0.497 e. The molecule has 0 aromatic heterocycles. The van der Waals surface area contributed by atoms with E-state index in [2.05, 4.69) is 11.4 Å². The summed E-state index contributed by atoms with van der Waals surface area (Å²) in [5.41, 5.74) is 2.97. The molecular weight excluding hydrogens is 236 g/mol. The molecule has 0 radical (unpaired) electrons. The van der Waals surface area contributed by atoms with Crippen LogP contribution in [0.15, 0.2) is 48.5 Å². The predicted octanol–water partition coefficient (Wildman–Crippen LogP) is 3.68. The molecule has 1 N–H and O–H groups in total.